The van der Waals surface area contributed by atoms with E-state index in [-0.39, 0.29) is 6.61 Å². The van der Waals surface area contributed by atoms with Crippen LogP contribution in [0.3, 0.4) is 0 Å². The van der Waals surface area contributed by atoms with Gasteiger partial charge in [-0.2, -0.15) is 0 Å². The number of esters is 1. The Morgan fingerprint density at radius 2 is 1.43 bits per heavy atom. The fraction of sp³-hybridized carbons (Fsp3) is 0.214. The molecule has 0 saturated heterocycles. The van der Waals surface area contributed by atoms with Crippen molar-refractivity contribution >= 4 is 23.6 Å². The van der Waals surface area contributed by atoms with Crippen molar-refractivity contribution in [3.63, 3.8) is 0 Å². The fourth-order valence-corrected chi connectivity index (χ4v) is 4.91. The summed E-state index contributed by atoms with van der Waals surface area (Å²) in [7, 11) is 3.26. The molecule has 0 aromatic heterocycles. The van der Waals surface area contributed by atoms with Gasteiger partial charge < -0.3 is 18.9 Å². The smallest absolute Gasteiger partial charge is 0.336 e. The highest BCUT2D eigenvalue weighted by Crippen LogP contribution is 2.52. The minimum Gasteiger partial charge on any atom is -0.497 e. The number of aliphatic imine (C=N–C) groups is 1. The van der Waals surface area contributed by atoms with Gasteiger partial charge in [0.2, 0.25) is 10.8 Å². The van der Waals surface area contributed by atoms with Gasteiger partial charge in [-0.15, -0.1) is 0 Å². The van der Waals surface area contributed by atoms with Crippen molar-refractivity contribution < 1.29 is 23.7 Å². The first-order valence-corrected chi connectivity index (χ1v) is 12.0. The SMILES string of the molecule is CCOC(=O)/C(C)=C1\N=C(c2ccccc2)OC(c2ccc(OC)cc2)(c2ccc(OC)cc2)S1. The molecular formula is C28H27NO5S. The van der Waals surface area contributed by atoms with Crippen LogP contribution < -0.4 is 9.47 Å². The molecule has 35 heavy (non-hydrogen) atoms. The van der Waals surface area contributed by atoms with Crippen LogP contribution in [0.2, 0.25) is 0 Å². The number of carbonyl (C=O) groups excluding carboxylic acids is 1. The Kier molecular flexibility index (Phi) is 7.46. The summed E-state index contributed by atoms with van der Waals surface area (Å²) in [5.41, 5.74) is 2.95. The second kappa shape index (κ2) is 10.7. The molecule has 7 heteroatoms. The number of rotatable bonds is 7. The second-order valence-corrected chi connectivity index (χ2v) is 8.88. The van der Waals surface area contributed by atoms with Gasteiger partial charge in [-0.25, -0.2) is 9.79 Å². The van der Waals surface area contributed by atoms with Crippen molar-refractivity contribution in [1.29, 1.82) is 0 Å². The summed E-state index contributed by atoms with van der Waals surface area (Å²) in [4.78, 5) is 16.4. The lowest BCUT2D eigenvalue weighted by Gasteiger charge is -2.38. The van der Waals surface area contributed by atoms with Gasteiger partial charge in [-0.3, -0.25) is 0 Å². The van der Waals surface area contributed by atoms with E-state index in [1.807, 2.05) is 78.9 Å². The summed E-state index contributed by atoms with van der Waals surface area (Å²) < 4.78 is 22.8. The summed E-state index contributed by atoms with van der Waals surface area (Å²) in [6.45, 7) is 3.79. The number of benzene rings is 3. The molecule has 0 amide bonds. The third kappa shape index (κ3) is 5.05. The molecule has 1 aliphatic heterocycles. The van der Waals surface area contributed by atoms with E-state index in [2.05, 4.69) is 0 Å². The normalized spacial score (nSPS) is 15.9. The Morgan fingerprint density at radius 1 is 0.886 bits per heavy atom. The van der Waals surface area contributed by atoms with Crippen LogP contribution in [0.4, 0.5) is 0 Å². The van der Waals surface area contributed by atoms with Crippen LogP contribution in [0.1, 0.15) is 30.5 Å². The van der Waals surface area contributed by atoms with Crippen molar-refractivity contribution in [2.24, 2.45) is 4.99 Å². The number of hydrogen-bond acceptors (Lipinski definition) is 7. The van der Waals surface area contributed by atoms with Crippen LogP contribution in [0, 0.1) is 0 Å². The minimum absolute atomic E-state index is 0.280. The van der Waals surface area contributed by atoms with Crippen molar-refractivity contribution in [3.8, 4) is 11.5 Å². The van der Waals surface area contributed by atoms with Gasteiger partial charge in [0.25, 0.3) is 0 Å². The van der Waals surface area contributed by atoms with Gasteiger partial charge in [0.05, 0.1) is 26.4 Å². The van der Waals surface area contributed by atoms with Crippen LogP contribution >= 0.6 is 11.8 Å². The van der Waals surface area contributed by atoms with Gasteiger partial charge in [0, 0.05) is 16.7 Å². The molecule has 1 heterocycles. The van der Waals surface area contributed by atoms with Gasteiger partial charge in [0.1, 0.15) is 16.5 Å². The van der Waals surface area contributed by atoms with Gasteiger partial charge >= 0.3 is 5.97 Å². The maximum atomic E-state index is 12.7. The zero-order valence-electron chi connectivity index (χ0n) is 20.1. The molecule has 0 unspecified atom stereocenters. The van der Waals surface area contributed by atoms with Gasteiger partial charge in [-0.1, -0.05) is 42.5 Å². The first-order chi connectivity index (χ1) is 17.0. The lowest BCUT2D eigenvalue weighted by Crippen LogP contribution is -2.34. The quantitative estimate of drug-likeness (QED) is 0.304. The standard InChI is InChI=1S/C28H27NO5S/c1-5-33-27(30)19(2)26-29-25(20-9-7-6-8-10-20)34-28(35-26,21-11-15-23(31-3)16-12-21)22-13-17-24(32-4)18-14-22/h6-18H,5H2,1-4H3/b26-19+. The first kappa shape index (κ1) is 24.4. The largest absolute Gasteiger partial charge is 0.497 e. The van der Waals surface area contributed by atoms with Crippen LogP contribution in [0.15, 0.2) is 94.5 Å². The van der Waals surface area contributed by atoms with Crippen LogP contribution in [0.25, 0.3) is 0 Å². The number of hydrogen-bond donors (Lipinski definition) is 0. The van der Waals surface area contributed by atoms with E-state index in [1.165, 1.54) is 11.8 Å². The highest BCUT2D eigenvalue weighted by atomic mass is 32.2. The molecule has 0 bridgehead atoms. The Hall–Kier alpha value is -3.71. The number of methoxy groups -OCH3 is 2. The Morgan fingerprint density at radius 3 is 1.91 bits per heavy atom. The van der Waals surface area contributed by atoms with Crippen molar-refractivity contribution in [2.45, 2.75) is 18.8 Å². The van der Waals surface area contributed by atoms with Gasteiger partial charge in [0.15, 0.2) is 0 Å². The van der Waals surface area contributed by atoms with E-state index in [9.17, 15) is 4.79 Å². The molecule has 0 N–H and O–H groups in total. The molecule has 0 saturated carbocycles. The second-order valence-electron chi connectivity index (χ2n) is 7.71. The van der Waals surface area contributed by atoms with Crippen LogP contribution in [0.5, 0.6) is 11.5 Å². The van der Waals surface area contributed by atoms with Crippen LogP contribution in [-0.4, -0.2) is 32.7 Å². The topological polar surface area (TPSA) is 66.4 Å². The van der Waals surface area contributed by atoms with Gasteiger partial charge in [-0.05, 0) is 62.0 Å². The summed E-state index contributed by atoms with van der Waals surface area (Å²) in [6.07, 6.45) is 0. The minimum atomic E-state index is -1.03. The number of carbonyl (C=O) groups is 1. The molecule has 0 fully saturated rings. The molecule has 0 atom stereocenters. The van der Waals surface area contributed by atoms with E-state index in [1.54, 1.807) is 28.1 Å². The highest BCUT2D eigenvalue weighted by molar-refractivity contribution is 8.04. The average molecular weight is 490 g/mol. The Bertz CT molecular complexity index is 1190. The zero-order chi connectivity index (χ0) is 24.8. The monoisotopic (exact) mass is 489 g/mol. The van der Waals surface area contributed by atoms with E-state index in [0.717, 1.165) is 28.2 Å². The maximum Gasteiger partial charge on any atom is 0.336 e. The van der Waals surface area contributed by atoms with Crippen molar-refractivity contribution in [1.82, 2.24) is 0 Å². The van der Waals surface area contributed by atoms with E-state index in [0.29, 0.717) is 16.5 Å². The van der Waals surface area contributed by atoms with Crippen molar-refractivity contribution in [2.75, 3.05) is 20.8 Å². The van der Waals surface area contributed by atoms with E-state index < -0.39 is 10.9 Å². The molecule has 4 rings (SSSR count). The van der Waals surface area contributed by atoms with Crippen molar-refractivity contribution in [3.05, 3.63) is 106 Å². The number of ether oxygens (including phenoxy) is 4. The molecule has 1 aliphatic rings. The molecule has 6 nitrogen and oxygen atoms in total. The Labute approximate surface area is 209 Å². The summed E-state index contributed by atoms with van der Waals surface area (Å²) in [5.74, 6) is 1.46. The maximum absolute atomic E-state index is 12.7. The molecule has 0 aliphatic carbocycles. The number of thioether (sulfide) groups is 1. The highest BCUT2D eigenvalue weighted by Gasteiger charge is 2.44. The molecular weight excluding hydrogens is 462 g/mol. The number of nitrogens with zero attached hydrogens (tertiary/aromatic N) is 1. The molecule has 3 aromatic rings. The Balaban J connectivity index is 1.95. The lowest BCUT2D eigenvalue weighted by molar-refractivity contribution is -0.138. The first-order valence-electron chi connectivity index (χ1n) is 11.2. The summed E-state index contributed by atoms with van der Waals surface area (Å²) in [5, 5.41) is 0.528. The van der Waals surface area contributed by atoms with E-state index >= 15 is 0 Å². The molecule has 3 aromatic carbocycles. The lowest BCUT2D eigenvalue weighted by atomic mass is 9.99. The van der Waals surface area contributed by atoms with E-state index in [4.69, 9.17) is 23.9 Å². The zero-order valence-corrected chi connectivity index (χ0v) is 20.9. The molecule has 180 valence electrons. The third-order valence-corrected chi connectivity index (χ3v) is 6.98. The average Bonchev–Trinajstić information content (AvgIpc) is 2.93. The fourth-order valence-electron chi connectivity index (χ4n) is 3.65. The summed E-state index contributed by atoms with van der Waals surface area (Å²) in [6, 6.07) is 25.0. The predicted molar refractivity (Wildman–Crippen MR) is 138 cm³/mol. The summed E-state index contributed by atoms with van der Waals surface area (Å²) >= 11 is 1.36. The third-order valence-electron chi connectivity index (χ3n) is 5.55. The molecule has 0 spiro atoms. The molecule has 0 radical (unpaired) electrons. The van der Waals surface area contributed by atoms with Crippen LogP contribution in [-0.2, 0) is 19.2 Å². The predicted octanol–water partition coefficient (Wildman–Crippen LogP) is 5.91.